The molecule has 0 bridgehead atoms. The van der Waals surface area contributed by atoms with Crippen molar-refractivity contribution in [3.8, 4) is 0 Å². The highest BCUT2D eigenvalue weighted by atomic mass is 16.8. The van der Waals surface area contributed by atoms with Crippen LogP contribution in [0.3, 0.4) is 0 Å². The standard InChI is InChI=1S/C12H20O5/c1-5-6-7-8(14-4)9-10(11(13)15-7)17-12(2,3)16-9/h5,7-11,13H,1,6H2,2-4H3/t7-,8+,9-,10-,11?/m1/s1. The molecule has 2 aliphatic heterocycles. The van der Waals surface area contributed by atoms with Crippen LogP contribution in [0.4, 0.5) is 0 Å². The van der Waals surface area contributed by atoms with Gasteiger partial charge in [-0.25, -0.2) is 0 Å². The van der Waals surface area contributed by atoms with Crippen LogP contribution in [0, 0.1) is 0 Å². The molecule has 1 unspecified atom stereocenters. The second kappa shape index (κ2) is 4.66. The van der Waals surface area contributed by atoms with Gasteiger partial charge in [0, 0.05) is 7.11 Å². The van der Waals surface area contributed by atoms with Gasteiger partial charge in [-0.15, -0.1) is 6.58 Å². The molecular formula is C12H20O5. The number of fused-ring (bicyclic) bond motifs is 1. The van der Waals surface area contributed by atoms with E-state index in [1.807, 2.05) is 13.8 Å². The maximum atomic E-state index is 9.90. The average molecular weight is 244 g/mol. The van der Waals surface area contributed by atoms with Crippen LogP contribution in [0.15, 0.2) is 12.7 Å². The van der Waals surface area contributed by atoms with Crippen LogP contribution in [0.5, 0.6) is 0 Å². The van der Waals surface area contributed by atoms with Crippen LogP contribution in [0.2, 0.25) is 0 Å². The monoisotopic (exact) mass is 244 g/mol. The second-order valence-corrected chi connectivity index (χ2v) is 4.85. The van der Waals surface area contributed by atoms with E-state index in [1.165, 1.54) is 0 Å². The number of rotatable bonds is 3. The SMILES string of the molecule is C=CC[C@H]1OC(O)[C@@H]2OC(C)(C)O[C@@H]2[C@H]1OC. The summed E-state index contributed by atoms with van der Waals surface area (Å²) in [4.78, 5) is 0. The summed E-state index contributed by atoms with van der Waals surface area (Å²) in [5.74, 6) is -0.723. The molecule has 0 aliphatic carbocycles. The molecule has 0 spiro atoms. The first kappa shape index (κ1) is 13.0. The van der Waals surface area contributed by atoms with E-state index in [1.54, 1.807) is 13.2 Å². The van der Waals surface area contributed by atoms with E-state index in [9.17, 15) is 5.11 Å². The first-order valence-corrected chi connectivity index (χ1v) is 5.81. The summed E-state index contributed by atoms with van der Waals surface area (Å²) in [5, 5.41) is 9.90. The normalized spacial score (nSPS) is 44.4. The van der Waals surface area contributed by atoms with Gasteiger partial charge in [-0.1, -0.05) is 6.08 Å². The van der Waals surface area contributed by atoms with Gasteiger partial charge in [0.15, 0.2) is 12.1 Å². The van der Waals surface area contributed by atoms with Crippen LogP contribution in [-0.4, -0.2) is 48.7 Å². The van der Waals surface area contributed by atoms with Crippen LogP contribution in [0.1, 0.15) is 20.3 Å². The Morgan fingerprint density at radius 3 is 2.59 bits per heavy atom. The van der Waals surface area contributed by atoms with Crippen molar-refractivity contribution in [1.82, 2.24) is 0 Å². The first-order chi connectivity index (χ1) is 7.98. The fraction of sp³-hybridized carbons (Fsp3) is 0.833. The molecule has 1 N–H and O–H groups in total. The van der Waals surface area contributed by atoms with Crippen LogP contribution in [0.25, 0.3) is 0 Å². The Morgan fingerprint density at radius 1 is 1.35 bits per heavy atom. The Bertz CT molecular complexity index is 291. The van der Waals surface area contributed by atoms with E-state index in [2.05, 4.69) is 6.58 Å². The van der Waals surface area contributed by atoms with Gasteiger partial charge in [-0.05, 0) is 20.3 Å². The molecular weight excluding hydrogens is 224 g/mol. The van der Waals surface area contributed by atoms with Gasteiger partial charge in [0.1, 0.15) is 18.3 Å². The van der Waals surface area contributed by atoms with Gasteiger partial charge in [0.05, 0.1) is 6.10 Å². The third-order valence-corrected chi connectivity index (χ3v) is 3.12. The van der Waals surface area contributed by atoms with Gasteiger partial charge in [-0.3, -0.25) is 0 Å². The molecule has 0 aromatic heterocycles. The molecule has 0 aromatic carbocycles. The Labute approximate surface area is 101 Å². The summed E-state index contributed by atoms with van der Waals surface area (Å²) in [5.41, 5.74) is 0. The van der Waals surface area contributed by atoms with E-state index in [0.717, 1.165) is 0 Å². The zero-order valence-electron chi connectivity index (χ0n) is 10.5. The number of hydrogen-bond acceptors (Lipinski definition) is 5. The first-order valence-electron chi connectivity index (χ1n) is 5.81. The minimum Gasteiger partial charge on any atom is -0.376 e. The van der Waals surface area contributed by atoms with Crippen LogP contribution >= 0.6 is 0 Å². The summed E-state index contributed by atoms with van der Waals surface area (Å²) in [6, 6.07) is 0. The van der Waals surface area contributed by atoms with Crippen molar-refractivity contribution in [1.29, 1.82) is 0 Å². The molecule has 0 saturated carbocycles. The highest BCUT2D eigenvalue weighted by molar-refractivity contribution is 4.98. The molecule has 2 saturated heterocycles. The molecule has 5 atom stereocenters. The summed E-state index contributed by atoms with van der Waals surface area (Å²) < 4.78 is 22.3. The predicted octanol–water partition coefficient (Wildman–Crippen LogP) is 0.815. The molecule has 5 nitrogen and oxygen atoms in total. The van der Waals surface area contributed by atoms with E-state index < -0.39 is 18.2 Å². The quantitative estimate of drug-likeness (QED) is 0.745. The molecule has 17 heavy (non-hydrogen) atoms. The Hall–Kier alpha value is -0.460. The zero-order valence-corrected chi connectivity index (χ0v) is 10.5. The van der Waals surface area contributed by atoms with E-state index in [0.29, 0.717) is 6.42 Å². The molecule has 98 valence electrons. The van der Waals surface area contributed by atoms with Crippen molar-refractivity contribution in [3.63, 3.8) is 0 Å². The van der Waals surface area contributed by atoms with Crippen molar-refractivity contribution in [2.75, 3.05) is 7.11 Å². The summed E-state index contributed by atoms with van der Waals surface area (Å²) in [7, 11) is 1.60. The highest BCUT2D eigenvalue weighted by Gasteiger charge is 2.54. The molecule has 2 aliphatic rings. The van der Waals surface area contributed by atoms with E-state index in [-0.39, 0.29) is 18.3 Å². The lowest BCUT2D eigenvalue weighted by Gasteiger charge is -2.39. The fourth-order valence-corrected chi connectivity index (χ4v) is 2.48. The Kier molecular flexibility index (Phi) is 3.56. The van der Waals surface area contributed by atoms with Crippen molar-refractivity contribution < 1.29 is 24.1 Å². The summed E-state index contributed by atoms with van der Waals surface area (Å²) >= 11 is 0. The molecule has 5 heteroatoms. The lowest BCUT2D eigenvalue weighted by molar-refractivity contribution is -0.260. The average Bonchev–Trinajstić information content (AvgIpc) is 2.55. The third-order valence-electron chi connectivity index (χ3n) is 3.12. The van der Waals surface area contributed by atoms with Gasteiger partial charge in [0.25, 0.3) is 0 Å². The zero-order chi connectivity index (χ0) is 12.6. The van der Waals surface area contributed by atoms with Crippen LogP contribution in [-0.2, 0) is 18.9 Å². The minimum absolute atomic E-state index is 0.258. The largest absolute Gasteiger partial charge is 0.376 e. The molecule has 2 heterocycles. The maximum Gasteiger partial charge on any atom is 0.184 e. The van der Waals surface area contributed by atoms with Crippen molar-refractivity contribution in [2.45, 2.75) is 56.8 Å². The maximum absolute atomic E-state index is 9.90. The van der Waals surface area contributed by atoms with Crippen molar-refractivity contribution >= 4 is 0 Å². The molecule has 2 fully saturated rings. The Balaban J connectivity index is 2.18. The van der Waals surface area contributed by atoms with Crippen LogP contribution < -0.4 is 0 Å². The fourth-order valence-electron chi connectivity index (χ4n) is 2.48. The van der Waals surface area contributed by atoms with E-state index >= 15 is 0 Å². The van der Waals surface area contributed by atoms with Crippen molar-refractivity contribution in [3.05, 3.63) is 12.7 Å². The van der Waals surface area contributed by atoms with Crippen molar-refractivity contribution in [2.24, 2.45) is 0 Å². The summed E-state index contributed by atoms with van der Waals surface area (Å²) in [6.45, 7) is 7.30. The Morgan fingerprint density at radius 2 is 2.00 bits per heavy atom. The smallest absolute Gasteiger partial charge is 0.184 e. The van der Waals surface area contributed by atoms with E-state index in [4.69, 9.17) is 18.9 Å². The molecule has 0 radical (unpaired) electrons. The molecule has 0 amide bonds. The number of methoxy groups -OCH3 is 1. The van der Waals surface area contributed by atoms with Gasteiger partial charge >= 0.3 is 0 Å². The second-order valence-electron chi connectivity index (χ2n) is 4.85. The summed E-state index contributed by atoms with van der Waals surface area (Å²) in [6.07, 6.45) is 0.0139. The van der Waals surface area contributed by atoms with Gasteiger partial charge in [0.2, 0.25) is 0 Å². The third kappa shape index (κ3) is 2.39. The molecule has 0 aromatic rings. The number of aliphatic hydroxyl groups is 1. The number of ether oxygens (including phenoxy) is 4. The lowest BCUT2D eigenvalue weighted by atomic mass is 9.97. The highest BCUT2D eigenvalue weighted by Crippen LogP contribution is 2.38. The van der Waals surface area contributed by atoms with Gasteiger partial charge < -0.3 is 24.1 Å². The topological polar surface area (TPSA) is 57.2 Å². The lowest BCUT2D eigenvalue weighted by Crippen LogP contribution is -2.56. The minimum atomic E-state index is -0.988. The number of hydrogen-bond donors (Lipinski definition) is 1. The predicted molar refractivity (Wildman–Crippen MR) is 60.3 cm³/mol. The number of aliphatic hydroxyl groups excluding tert-OH is 1. The molecule has 2 rings (SSSR count). The van der Waals surface area contributed by atoms with Gasteiger partial charge in [-0.2, -0.15) is 0 Å².